The van der Waals surface area contributed by atoms with E-state index in [0.717, 1.165) is 6.42 Å². The number of likely N-dealkylation sites (N-methyl/N-ethyl adjacent to an activating group) is 1. The van der Waals surface area contributed by atoms with Crippen LogP contribution >= 0.6 is 0 Å². The quantitative estimate of drug-likeness (QED) is 0.356. The molecule has 2 atom stereocenters. The first-order chi connectivity index (χ1) is 9.41. The molecule has 0 radical (unpaired) electrons. The highest BCUT2D eigenvalue weighted by molar-refractivity contribution is 5.91. The van der Waals surface area contributed by atoms with E-state index in [1.165, 1.54) is 6.92 Å². The average molecular weight is 285 g/mol. The standard InChI is InChI=1S/C11H21N5O2.C2H6/c1-7(17)8-6-16(2)9(10(18)15-8)4-3-5-14-11(12)13;1-2/h8-9H,3-6H2,1-2H3,(H,15,18)(H4,12,13,14);1-2H3/t8-,9+;/m1./s1. The molecule has 0 bridgehead atoms. The van der Waals surface area contributed by atoms with Crippen LogP contribution in [0.1, 0.15) is 33.6 Å². The molecule has 116 valence electrons. The third-order valence-corrected chi connectivity index (χ3v) is 3.04. The third kappa shape index (κ3) is 6.01. The van der Waals surface area contributed by atoms with E-state index in [1.807, 2.05) is 25.8 Å². The molecule has 7 heteroatoms. The van der Waals surface area contributed by atoms with Gasteiger partial charge in [0, 0.05) is 13.1 Å². The molecular formula is C13H27N5O2. The number of amides is 1. The summed E-state index contributed by atoms with van der Waals surface area (Å²) in [5, 5.41) is 2.73. The lowest BCUT2D eigenvalue weighted by atomic mass is 10.0. The number of nitrogens with zero attached hydrogens (tertiary/aromatic N) is 2. The largest absolute Gasteiger partial charge is 0.370 e. The molecule has 0 spiro atoms. The molecule has 1 fully saturated rings. The third-order valence-electron chi connectivity index (χ3n) is 3.04. The number of hydrogen-bond acceptors (Lipinski definition) is 4. The molecule has 0 aromatic rings. The SMILES string of the molecule is CC.CC(=O)[C@H]1CN(C)[C@@H](CCCN=C(N)N)C(=O)N1. The summed E-state index contributed by atoms with van der Waals surface area (Å²) in [5.74, 6) is -0.0594. The molecule has 1 heterocycles. The molecular weight excluding hydrogens is 258 g/mol. The highest BCUT2D eigenvalue weighted by atomic mass is 16.2. The zero-order valence-electron chi connectivity index (χ0n) is 12.8. The Labute approximate surface area is 120 Å². The number of piperazine rings is 1. The van der Waals surface area contributed by atoms with Crippen LogP contribution in [-0.4, -0.2) is 54.8 Å². The van der Waals surface area contributed by atoms with Gasteiger partial charge in [-0.3, -0.25) is 19.5 Å². The summed E-state index contributed by atoms with van der Waals surface area (Å²) in [7, 11) is 1.85. The molecule has 7 nitrogen and oxygen atoms in total. The number of rotatable bonds is 5. The van der Waals surface area contributed by atoms with E-state index in [1.54, 1.807) is 0 Å². The van der Waals surface area contributed by atoms with Crippen LogP contribution in [0.3, 0.4) is 0 Å². The van der Waals surface area contributed by atoms with Crippen molar-refractivity contribution < 1.29 is 9.59 Å². The first-order valence-corrected chi connectivity index (χ1v) is 6.98. The van der Waals surface area contributed by atoms with Crippen LogP contribution in [0.15, 0.2) is 4.99 Å². The van der Waals surface area contributed by atoms with Gasteiger partial charge >= 0.3 is 0 Å². The minimum absolute atomic E-state index is 0.0193. The van der Waals surface area contributed by atoms with Crippen molar-refractivity contribution in [2.45, 2.75) is 45.7 Å². The zero-order valence-corrected chi connectivity index (χ0v) is 12.8. The summed E-state index contributed by atoms with van der Waals surface area (Å²) in [6.45, 7) is 6.54. The molecule has 0 aromatic carbocycles. The number of ketones is 1. The Hall–Kier alpha value is -1.63. The molecule has 0 saturated carbocycles. The van der Waals surface area contributed by atoms with Crippen LogP contribution in [-0.2, 0) is 9.59 Å². The number of hydrogen-bond donors (Lipinski definition) is 3. The van der Waals surface area contributed by atoms with Crippen molar-refractivity contribution in [3.8, 4) is 0 Å². The van der Waals surface area contributed by atoms with Crippen LogP contribution in [0.5, 0.6) is 0 Å². The Morgan fingerprint density at radius 3 is 2.50 bits per heavy atom. The summed E-state index contributed by atoms with van der Waals surface area (Å²) in [4.78, 5) is 28.9. The summed E-state index contributed by atoms with van der Waals surface area (Å²) < 4.78 is 0. The monoisotopic (exact) mass is 285 g/mol. The maximum atomic E-state index is 11.9. The molecule has 1 aliphatic rings. The van der Waals surface area contributed by atoms with Gasteiger partial charge < -0.3 is 16.8 Å². The predicted molar refractivity (Wildman–Crippen MR) is 80.3 cm³/mol. The lowest BCUT2D eigenvalue weighted by Crippen LogP contribution is -2.60. The lowest BCUT2D eigenvalue weighted by Gasteiger charge is -2.36. The summed E-state index contributed by atoms with van der Waals surface area (Å²) in [6, 6.07) is -0.605. The Balaban J connectivity index is 0.00000172. The van der Waals surface area contributed by atoms with E-state index >= 15 is 0 Å². The highest BCUT2D eigenvalue weighted by Crippen LogP contribution is 2.12. The smallest absolute Gasteiger partial charge is 0.237 e. The number of carbonyl (C=O) groups excluding carboxylic acids is 2. The highest BCUT2D eigenvalue weighted by Gasteiger charge is 2.33. The molecule has 20 heavy (non-hydrogen) atoms. The second-order valence-electron chi connectivity index (χ2n) is 4.58. The van der Waals surface area contributed by atoms with E-state index in [-0.39, 0.29) is 23.7 Å². The van der Waals surface area contributed by atoms with Crippen LogP contribution in [0.4, 0.5) is 0 Å². The number of carbonyl (C=O) groups is 2. The van der Waals surface area contributed by atoms with Gasteiger partial charge in [-0.15, -0.1) is 0 Å². The fourth-order valence-electron chi connectivity index (χ4n) is 2.00. The number of nitrogens with two attached hydrogens (primary N) is 2. The lowest BCUT2D eigenvalue weighted by molar-refractivity contribution is -0.135. The first-order valence-electron chi connectivity index (χ1n) is 6.98. The number of guanidine groups is 1. The molecule has 0 aliphatic carbocycles. The van der Waals surface area contributed by atoms with Gasteiger partial charge in [0.2, 0.25) is 5.91 Å². The molecule has 1 aliphatic heterocycles. The topological polar surface area (TPSA) is 114 Å². The van der Waals surface area contributed by atoms with Crippen molar-refractivity contribution >= 4 is 17.6 Å². The Morgan fingerprint density at radius 1 is 1.45 bits per heavy atom. The van der Waals surface area contributed by atoms with Gasteiger partial charge in [-0.1, -0.05) is 13.8 Å². The maximum Gasteiger partial charge on any atom is 0.237 e. The van der Waals surface area contributed by atoms with Crippen LogP contribution in [0.25, 0.3) is 0 Å². The van der Waals surface area contributed by atoms with Gasteiger partial charge in [0.25, 0.3) is 0 Å². The minimum atomic E-state index is -0.392. The zero-order chi connectivity index (χ0) is 15.7. The van der Waals surface area contributed by atoms with Crippen LogP contribution < -0.4 is 16.8 Å². The van der Waals surface area contributed by atoms with E-state index in [4.69, 9.17) is 11.5 Å². The normalized spacial score (nSPS) is 22.3. The van der Waals surface area contributed by atoms with Crippen LogP contribution in [0, 0.1) is 0 Å². The van der Waals surface area contributed by atoms with Crippen LogP contribution in [0.2, 0.25) is 0 Å². The number of Topliss-reactive ketones (excluding diaryl/α,β-unsaturated/α-hetero) is 1. The van der Waals surface area contributed by atoms with E-state index in [2.05, 4.69) is 10.3 Å². The maximum absolute atomic E-state index is 11.9. The Morgan fingerprint density at radius 2 is 2.05 bits per heavy atom. The second kappa shape index (κ2) is 9.30. The fraction of sp³-hybridized carbons (Fsp3) is 0.769. The molecule has 1 saturated heterocycles. The minimum Gasteiger partial charge on any atom is -0.370 e. The summed E-state index contributed by atoms with van der Waals surface area (Å²) in [6.07, 6.45) is 1.40. The van der Waals surface area contributed by atoms with Crippen molar-refractivity contribution in [3.63, 3.8) is 0 Å². The Kier molecular flexibility index (Phi) is 8.54. The molecule has 1 rings (SSSR count). The molecule has 5 N–H and O–H groups in total. The van der Waals surface area contributed by atoms with E-state index in [0.29, 0.717) is 19.5 Å². The van der Waals surface area contributed by atoms with Crippen molar-refractivity contribution in [3.05, 3.63) is 0 Å². The second-order valence-corrected chi connectivity index (χ2v) is 4.58. The molecule has 0 aromatic heterocycles. The van der Waals surface area contributed by atoms with Crippen molar-refractivity contribution in [1.29, 1.82) is 0 Å². The fourth-order valence-corrected chi connectivity index (χ4v) is 2.00. The predicted octanol–water partition coefficient (Wildman–Crippen LogP) is -0.546. The van der Waals surface area contributed by atoms with Gasteiger partial charge in [-0.25, -0.2) is 0 Å². The number of aliphatic imine (C=N–C) groups is 1. The molecule has 1 amide bonds. The average Bonchev–Trinajstić information content (AvgIpc) is 2.38. The first kappa shape index (κ1) is 18.4. The van der Waals surface area contributed by atoms with Gasteiger partial charge in [0.1, 0.15) is 0 Å². The molecule has 0 unspecified atom stereocenters. The summed E-state index contributed by atoms with van der Waals surface area (Å²) in [5.41, 5.74) is 10.4. The Bertz CT molecular complexity index is 353. The van der Waals surface area contributed by atoms with E-state index in [9.17, 15) is 9.59 Å². The van der Waals surface area contributed by atoms with Crippen molar-refractivity contribution in [2.24, 2.45) is 16.5 Å². The van der Waals surface area contributed by atoms with Crippen molar-refractivity contribution in [2.75, 3.05) is 20.1 Å². The van der Waals surface area contributed by atoms with Gasteiger partial charge in [0.15, 0.2) is 11.7 Å². The number of nitrogens with one attached hydrogen (secondary N) is 1. The van der Waals surface area contributed by atoms with Gasteiger partial charge in [0.05, 0.1) is 12.1 Å². The van der Waals surface area contributed by atoms with Gasteiger partial charge in [-0.05, 0) is 26.8 Å². The van der Waals surface area contributed by atoms with Crippen molar-refractivity contribution in [1.82, 2.24) is 10.2 Å². The van der Waals surface area contributed by atoms with E-state index < -0.39 is 6.04 Å². The summed E-state index contributed by atoms with van der Waals surface area (Å²) >= 11 is 0. The van der Waals surface area contributed by atoms with Gasteiger partial charge in [-0.2, -0.15) is 0 Å².